The van der Waals surface area contributed by atoms with Crippen molar-refractivity contribution in [3.05, 3.63) is 264 Å². The predicted octanol–water partition coefficient (Wildman–Crippen LogP) is 29.4. The molecule has 6 heterocycles. The topological polar surface area (TPSA) is 182 Å². The van der Waals surface area contributed by atoms with Crippen molar-refractivity contribution in [2.24, 2.45) is 58.2 Å². The van der Waals surface area contributed by atoms with Crippen molar-refractivity contribution in [1.29, 1.82) is 0 Å². The second-order valence-corrected chi connectivity index (χ2v) is 43.7. The first-order valence-electron chi connectivity index (χ1n) is 47.2. The summed E-state index contributed by atoms with van der Waals surface area (Å²) in [5.74, 6) is 4.65. The van der Waals surface area contributed by atoms with Gasteiger partial charge >= 0.3 is 0 Å². The molecule has 4 bridgehead atoms. The number of nitrogens with zero attached hydrogens (tertiary/aromatic N) is 8. The van der Waals surface area contributed by atoms with Crippen molar-refractivity contribution in [3.63, 3.8) is 0 Å². The molecule has 2 amide bonds. The summed E-state index contributed by atoms with van der Waals surface area (Å²) in [4.78, 5) is 53.9. The average Bonchev–Trinajstić information content (AvgIpc) is 1.52. The first kappa shape index (κ1) is 94.1. The number of nitrogens with one attached hydrogen (secondary N) is 2. The zero-order valence-corrected chi connectivity index (χ0v) is 83.1. The van der Waals surface area contributed by atoms with Crippen LogP contribution in [-0.2, 0) is 38.9 Å². The number of benzene rings is 8. The van der Waals surface area contributed by atoms with Gasteiger partial charge in [0.15, 0.2) is 28.8 Å². The Balaban J connectivity index is 0.000000115. The Labute approximate surface area is 828 Å². The third-order valence-corrected chi connectivity index (χ3v) is 33.2. The van der Waals surface area contributed by atoms with Crippen LogP contribution in [0.4, 0.5) is 8.78 Å². The van der Waals surface area contributed by atoms with Gasteiger partial charge < -0.3 is 20.1 Å². The highest BCUT2D eigenvalue weighted by Gasteiger charge is 2.55. The molecule has 8 saturated carbocycles. The molecular formula is C107H105BrCl8F2N10O6. The lowest BCUT2D eigenvalue weighted by atomic mass is 9.45. The van der Waals surface area contributed by atoms with Crippen molar-refractivity contribution in [2.75, 3.05) is 13.1 Å². The van der Waals surface area contributed by atoms with Gasteiger partial charge in [-0.2, -0.15) is 20.4 Å². The van der Waals surface area contributed by atoms with Gasteiger partial charge in [0.1, 0.15) is 47.6 Å². The van der Waals surface area contributed by atoms with Gasteiger partial charge in [0.25, 0.3) is 11.8 Å². The van der Waals surface area contributed by atoms with E-state index in [0.717, 1.165) is 173 Å². The Hall–Kier alpha value is -8.86. The molecule has 12 aliphatic rings. The van der Waals surface area contributed by atoms with E-state index < -0.39 is 11.6 Å². The lowest BCUT2D eigenvalue weighted by molar-refractivity contribution is -0.103. The zero-order valence-electron chi connectivity index (χ0n) is 75.5. The Bertz CT molecular complexity index is 6230. The Morgan fingerprint density at radius 2 is 0.799 bits per heavy atom. The fourth-order valence-electron chi connectivity index (χ4n) is 23.3. The standard InChI is InChI=1S/C30H33Cl2N3O.C29H30Cl3N3O.C24H21BrCl2N2O2.C24H21ClF2N2O2/c1-17-7-11-22-18(13-17)5-4-6-23-27(34-35(28(22)23)26-12-10-21(31)15-25(26)32)29(36)33-16-19-8-9-20-14-24(19)30(20,2)3;1-29(2)18-7-6-17(23(29)13-18)15-33-28(36)26-22-5-3-4-16-12-19(30)8-10-21(16)27(22)35(34-26)25-11-9-20(31)14-24(25)32;2*25-15-6-8-17-22(11-15)31-13-18-23(21(30)10-14-4-2-1-3-5-14)28-29(24(17)18)20-9-7-16(26)12-19(20)27/h7,10-13,15,19-20,24H,4-6,8-9,14,16H2,1-3H3,(H,33,36);8-12,14,17-18,23H,3-7,13,15H2,1-2H3,(H,33,36);2*6-9,11-12,14H,1-5,10,13H2. The smallest absolute Gasteiger partial charge is 0.272 e. The lowest BCUT2D eigenvalue weighted by Crippen LogP contribution is -2.54. The van der Waals surface area contributed by atoms with Crippen LogP contribution in [0.25, 0.3) is 67.8 Å². The highest BCUT2D eigenvalue weighted by molar-refractivity contribution is 9.10. The van der Waals surface area contributed by atoms with Crippen LogP contribution in [0.3, 0.4) is 0 Å². The molecule has 0 spiro atoms. The number of ether oxygens (including phenoxy) is 2. The number of fused-ring (bicyclic) bond motifs is 16. The van der Waals surface area contributed by atoms with Crippen molar-refractivity contribution in [3.8, 4) is 79.3 Å². The zero-order chi connectivity index (χ0) is 93.4. The summed E-state index contributed by atoms with van der Waals surface area (Å²) in [7, 11) is 0. The number of carbonyl (C=O) groups is 4. The molecule has 6 unspecified atom stereocenters. The number of aryl methyl sites for hydroxylation is 3. The third-order valence-electron chi connectivity index (χ3n) is 30.6. The first-order valence-corrected chi connectivity index (χ1v) is 51.0. The van der Waals surface area contributed by atoms with Gasteiger partial charge in [-0.25, -0.2) is 27.5 Å². The van der Waals surface area contributed by atoms with E-state index in [2.05, 4.69) is 84.5 Å². The number of halogens is 11. The molecule has 24 rings (SSSR count). The van der Waals surface area contributed by atoms with Crippen LogP contribution in [0.2, 0.25) is 40.2 Å². The van der Waals surface area contributed by atoms with Crippen molar-refractivity contribution < 1.29 is 37.4 Å². The van der Waals surface area contributed by atoms with Gasteiger partial charge in [-0.3, -0.25) is 19.2 Å². The number of aromatic nitrogens is 8. The van der Waals surface area contributed by atoms with Crippen LogP contribution >= 0.6 is 109 Å². The number of amides is 2. The molecule has 4 aromatic heterocycles. The van der Waals surface area contributed by atoms with E-state index in [1.54, 1.807) is 53.2 Å². The molecule has 6 atom stereocenters. The second-order valence-electron chi connectivity index (χ2n) is 39.3. The molecule has 12 aromatic rings. The average molecular weight is 2030 g/mol. The number of rotatable bonds is 16. The van der Waals surface area contributed by atoms with Gasteiger partial charge in [0.05, 0.1) is 54.9 Å². The van der Waals surface area contributed by atoms with E-state index in [4.69, 9.17) is 118 Å². The van der Waals surface area contributed by atoms with Crippen LogP contribution in [0.1, 0.15) is 237 Å². The Morgan fingerprint density at radius 3 is 1.25 bits per heavy atom. The Kier molecular flexibility index (Phi) is 27.5. The van der Waals surface area contributed by atoms with Gasteiger partial charge in [0.2, 0.25) is 0 Å². The summed E-state index contributed by atoms with van der Waals surface area (Å²) in [6.07, 6.45) is 25.3. The molecule has 8 fully saturated rings. The summed E-state index contributed by atoms with van der Waals surface area (Å²) in [6.45, 7) is 13.6. The van der Waals surface area contributed by atoms with E-state index in [1.165, 1.54) is 92.1 Å². The predicted molar refractivity (Wildman–Crippen MR) is 533 cm³/mol. The molecule has 2 aliphatic heterocycles. The van der Waals surface area contributed by atoms with E-state index in [0.29, 0.717) is 169 Å². The SMILES string of the molecule is CC1(C)C2CCC(CNC(=O)c3nn(-c4ccc(Cl)cc4Cl)c4c3CCCc3cc(Cl)ccc3-4)C1C2.Cc1ccc2c(c1)CCCc1c(C(=O)NCC3CCC4CC3C4(C)C)nn(-c3ccc(Cl)cc3Cl)c1-2.O=C(CC1CCCCC1)c1nn(-c2ccc(Cl)cc2Cl)c2c1COc1cc(Br)ccc1-2.O=C(CC1CCCCC1)c1nn(-c2ccc(F)cc2F)c2c1COc1cc(Cl)ccc1-2. The van der Waals surface area contributed by atoms with E-state index in [-0.39, 0.29) is 35.7 Å². The molecule has 696 valence electrons. The number of Topliss-reactive ketones (excluding diaryl/α,β-unsaturated/α-hetero) is 2. The van der Waals surface area contributed by atoms with Crippen molar-refractivity contribution in [2.45, 2.75) is 202 Å². The molecule has 16 nitrogen and oxygen atoms in total. The molecular weight excluding hydrogens is 1920 g/mol. The van der Waals surface area contributed by atoms with Gasteiger partial charge in [0, 0.05) is 106 Å². The monoisotopic (exact) mass is 2020 g/mol. The molecule has 8 aromatic carbocycles. The third kappa shape index (κ3) is 18.7. The maximum absolute atomic E-state index is 14.7. The molecule has 0 saturated heterocycles. The van der Waals surface area contributed by atoms with Gasteiger partial charge in [-0.15, -0.1) is 0 Å². The molecule has 27 heteroatoms. The first-order chi connectivity index (χ1) is 64.5. The normalized spacial score (nSPS) is 20.1. The quantitative estimate of drug-likeness (QED) is 0.0883. The minimum absolute atomic E-state index is 0.0644. The van der Waals surface area contributed by atoms with Crippen LogP contribution in [0.5, 0.6) is 11.5 Å². The number of hydrogen-bond donors (Lipinski definition) is 2. The number of ketones is 2. The van der Waals surface area contributed by atoms with E-state index in [1.807, 2.05) is 70.0 Å². The van der Waals surface area contributed by atoms with Crippen LogP contribution in [-0.4, -0.2) is 75.6 Å². The molecule has 2 N–H and O–H groups in total. The minimum Gasteiger partial charge on any atom is -0.488 e. The van der Waals surface area contributed by atoms with Crippen LogP contribution in [0.15, 0.2) is 150 Å². The van der Waals surface area contributed by atoms with Crippen LogP contribution in [0, 0.1) is 76.7 Å². The molecule has 10 aliphatic carbocycles. The summed E-state index contributed by atoms with van der Waals surface area (Å²) in [6, 6.07) is 43.0. The highest BCUT2D eigenvalue weighted by Crippen LogP contribution is 2.63. The molecule has 134 heavy (non-hydrogen) atoms. The largest absolute Gasteiger partial charge is 0.488 e. The van der Waals surface area contributed by atoms with Gasteiger partial charge in [-0.05, 0) is 269 Å². The van der Waals surface area contributed by atoms with Crippen LogP contribution < -0.4 is 20.1 Å². The second kappa shape index (κ2) is 39.2. The van der Waals surface area contributed by atoms with E-state index >= 15 is 0 Å². The maximum atomic E-state index is 14.7. The van der Waals surface area contributed by atoms with E-state index in [9.17, 15) is 28.0 Å². The summed E-state index contributed by atoms with van der Waals surface area (Å²) in [5, 5.41) is 30.0. The van der Waals surface area contributed by atoms with Gasteiger partial charge in [-0.1, -0.05) is 230 Å². The van der Waals surface area contributed by atoms with Crippen molar-refractivity contribution in [1.82, 2.24) is 49.8 Å². The highest BCUT2D eigenvalue weighted by atomic mass is 79.9. The maximum Gasteiger partial charge on any atom is 0.272 e. The Morgan fingerprint density at radius 1 is 0.410 bits per heavy atom. The number of carbonyl (C=O) groups excluding carboxylic acids is 4. The van der Waals surface area contributed by atoms with Crippen molar-refractivity contribution >= 4 is 132 Å². The lowest BCUT2D eigenvalue weighted by Gasteiger charge is -2.60. The summed E-state index contributed by atoms with van der Waals surface area (Å²) < 4.78 is 47.9. The molecule has 0 radical (unpaired) electrons. The number of hydrogen-bond acceptors (Lipinski definition) is 10. The summed E-state index contributed by atoms with van der Waals surface area (Å²) >= 11 is 54.3. The fraction of sp³-hybridized carbons (Fsp3) is 0.402. The fourth-order valence-corrected chi connectivity index (χ4v) is 25.5. The summed E-state index contributed by atoms with van der Waals surface area (Å²) in [5.41, 5.74) is 18.9. The minimum atomic E-state index is -0.751.